The van der Waals surface area contributed by atoms with E-state index in [0.29, 0.717) is 23.9 Å². The summed E-state index contributed by atoms with van der Waals surface area (Å²) >= 11 is 0. The number of hydrogen-bond donors (Lipinski definition) is 3. The number of hydrogen-bond acceptors (Lipinski definition) is 5. The minimum absolute atomic E-state index is 0.0790. The number of phosphoric ester groups is 1. The van der Waals surface area contributed by atoms with Crippen LogP contribution in [-0.4, -0.2) is 73.4 Å². The molecule has 3 atom stereocenters. The van der Waals surface area contributed by atoms with E-state index in [4.69, 9.17) is 9.05 Å². The number of aliphatic hydroxyl groups excluding tert-OH is 1. The van der Waals surface area contributed by atoms with Gasteiger partial charge in [0.25, 0.3) is 0 Å². The van der Waals surface area contributed by atoms with Gasteiger partial charge in [-0.25, -0.2) is 4.57 Å². The molecule has 0 rings (SSSR count). The SMILES string of the molecule is CCCCCCCCCCCCCCCCCCCCCCCCCCCCC(=O)NC(COP(=O)(O)OCC[N+](C)(C)C)C(O)CCCCCCCCCCCCCCCCC. The van der Waals surface area contributed by atoms with Crippen molar-refractivity contribution in [3.8, 4) is 0 Å². The molecule has 9 heteroatoms. The Labute approximate surface area is 393 Å². The van der Waals surface area contributed by atoms with Crippen molar-refractivity contribution < 1.29 is 32.9 Å². The van der Waals surface area contributed by atoms with Crippen molar-refractivity contribution in [1.82, 2.24) is 5.32 Å². The largest absolute Gasteiger partial charge is 0.472 e. The first kappa shape index (κ1) is 62.5. The highest BCUT2D eigenvalue weighted by atomic mass is 31.2. The van der Waals surface area contributed by atoms with Gasteiger partial charge >= 0.3 is 7.82 Å². The second-order valence-corrected chi connectivity index (χ2v) is 22.1. The predicted octanol–water partition coefficient (Wildman–Crippen LogP) is 16.5. The maximum Gasteiger partial charge on any atom is 0.472 e. The molecule has 0 aromatic carbocycles. The van der Waals surface area contributed by atoms with Crippen molar-refractivity contribution in [2.75, 3.05) is 40.9 Å². The maximum atomic E-state index is 13.0. The average molecular weight is 916 g/mol. The van der Waals surface area contributed by atoms with Crippen LogP contribution in [0.25, 0.3) is 0 Å². The van der Waals surface area contributed by atoms with E-state index >= 15 is 0 Å². The lowest BCUT2D eigenvalue weighted by Crippen LogP contribution is -2.46. The predicted molar refractivity (Wildman–Crippen MR) is 272 cm³/mol. The highest BCUT2D eigenvalue weighted by Gasteiger charge is 2.28. The van der Waals surface area contributed by atoms with Crippen LogP contribution >= 0.6 is 7.82 Å². The zero-order valence-corrected chi connectivity index (χ0v) is 44.0. The van der Waals surface area contributed by atoms with Crippen LogP contribution in [0.3, 0.4) is 0 Å². The first-order valence-electron chi connectivity index (χ1n) is 27.9. The molecule has 0 aliphatic carbocycles. The summed E-state index contributed by atoms with van der Waals surface area (Å²) in [4.78, 5) is 23.3. The van der Waals surface area contributed by atoms with Gasteiger partial charge in [-0.1, -0.05) is 271 Å². The number of likely N-dealkylation sites (N-methyl/N-ethyl adjacent to an activating group) is 1. The summed E-state index contributed by atoms with van der Waals surface area (Å²) < 4.78 is 23.7. The van der Waals surface area contributed by atoms with Crippen LogP contribution in [0.15, 0.2) is 0 Å². The molecule has 0 bridgehead atoms. The molecule has 0 aromatic rings. The van der Waals surface area contributed by atoms with E-state index in [1.807, 2.05) is 21.1 Å². The van der Waals surface area contributed by atoms with Crippen LogP contribution in [0.4, 0.5) is 0 Å². The summed E-state index contributed by atoms with van der Waals surface area (Å²) in [6.07, 6.45) is 54.4. The summed E-state index contributed by atoms with van der Waals surface area (Å²) in [5.74, 6) is -0.137. The smallest absolute Gasteiger partial charge is 0.391 e. The van der Waals surface area contributed by atoms with Gasteiger partial charge in [0.1, 0.15) is 13.2 Å². The van der Waals surface area contributed by atoms with Gasteiger partial charge in [0.2, 0.25) is 5.91 Å². The van der Waals surface area contributed by atoms with E-state index in [2.05, 4.69) is 19.2 Å². The zero-order chi connectivity index (χ0) is 46.4. The lowest BCUT2D eigenvalue weighted by Gasteiger charge is -2.26. The van der Waals surface area contributed by atoms with E-state index in [1.54, 1.807) is 0 Å². The molecule has 0 aliphatic heterocycles. The van der Waals surface area contributed by atoms with E-state index in [-0.39, 0.29) is 19.1 Å². The molecule has 378 valence electrons. The first-order valence-corrected chi connectivity index (χ1v) is 29.4. The second-order valence-electron chi connectivity index (χ2n) is 20.7. The number of nitrogens with zero attached hydrogens (tertiary/aromatic N) is 1. The normalized spacial score (nSPS) is 14.0. The fraction of sp³-hybridized carbons (Fsp3) is 0.981. The molecule has 0 radical (unpaired) electrons. The molecule has 0 saturated heterocycles. The number of quaternary nitrogens is 1. The van der Waals surface area contributed by atoms with Crippen LogP contribution in [0.1, 0.15) is 290 Å². The number of aliphatic hydroxyl groups is 1. The Morgan fingerprint density at radius 3 is 1.06 bits per heavy atom. The Kier molecular flexibility index (Phi) is 46.2. The monoisotopic (exact) mass is 916 g/mol. The van der Waals surface area contributed by atoms with Gasteiger partial charge in [-0.2, -0.15) is 0 Å². The van der Waals surface area contributed by atoms with Crippen molar-refractivity contribution >= 4 is 13.7 Å². The van der Waals surface area contributed by atoms with E-state index in [9.17, 15) is 19.4 Å². The first-order chi connectivity index (χ1) is 30.5. The van der Waals surface area contributed by atoms with Crippen LogP contribution in [0, 0.1) is 0 Å². The summed E-state index contributed by atoms with van der Waals surface area (Å²) in [5.41, 5.74) is 0. The number of nitrogens with one attached hydrogen (secondary N) is 1. The Morgan fingerprint density at radius 2 is 0.762 bits per heavy atom. The molecule has 0 heterocycles. The quantitative estimate of drug-likeness (QED) is 0.0319. The molecule has 3 unspecified atom stereocenters. The van der Waals surface area contributed by atoms with E-state index < -0.39 is 20.0 Å². The van der Waals surface area contributed by atoms with Crippen molar-refractivity contribution in [3.63, 3.8) is 0 Å². The summed E-state index contributed by atoms with van der Waals surface area (Å²) in [6, 6.07) is -0.754. The van der Waals surface area contributed by atoms with Gasteiger partial charge in [0.05, 0.1) is 39.9 Å². The summed E-state index contributed by atoms with van der Waals surface area (Å²) in [6.45, 7) is 4.94. The van der Waals surface area contributed by atoms with Crippen LogP contribution in [0.2, 0.25) is 0 Å². The third-order valence-electron chi connectivity index (χ3n) is 13.1. The average Bonchev–Trinajstić information content (AvgIpc) is 3.24. The van der Waals surface area contributed by atoms with Crippen molar-refractivity contribution in [1.29, 1.82) is 0 Å². The maximum absolute atomic E-state index is 13.0. The van der Waals surface area contributed by atoms with Gasteiger partial charge in [0, 0.05) is 6.42 Å². The molecular formula is C54H112N2O6P+. The van der Waals surface area contributed by atoms with Gasteiger partial charge in [0.15, 0.2) is 0 Å². The van der Waals surface area contributed by atoms with Crippen LogP contribution < -0.4 is 5.32 Å². The lowest BCUT2D eigenvalue weighted by atomic mass is 10.0. The standard InChI is InChI=1S/C54H111N2O6P/c1-6-8-10-12-14-16-18-20-22-23-24-25-26-27-28-29-30-31-32-34-36-38-40-42-44-46-48-54(58)55-52(51-62-63(59,60)61-50-49-56(3,4)5)53(57)47-45-43-41-39-37-35-33-21-19-17-15-13-11-9-7-2/h52-53,57H,6-51H2,1-5H3,(H-,55,58,59,60)/p+1. The minimum Gasteiger partial charge on any atom is -0.391 e. The number of amides is 1. The van der Waals surface area contributed by atoms with Crippen LogP contribution in [0.5, 0.6) is 0 Å². The highest BCUT2D eigenvalue weighted by Crippen LogP contribution is 2.43. The van der Waals surface area contributed by atoms with Gasteiger partial charge in [-0.3, -0.25) is 13.8 Å². The second kappa shape index (κ2) is 46.6. The lowest BCUT2D eigenvalue weighted by molar-refractivity contribution is -0.870. The summed E-state index contributed by atoms with van der Waals surface area (Å²) in [5, 5.41) is 14.0. The molecule has 3 N–H and O–H groups in total. The molecule has 0 fully saturated rings. The molecule has 0 aromatic heterocycles. The van der Waals surface area contributed by atoms with Crippen LogP contribution in [-0.2, 0) is 18.4 Å². The van der Waals surface area contributed by atoms with Gasteiger partial charge in [-0.05, 0) is 12.8 Å². The van der Waals surface area contributed by atoms with E-state index in [0.717, 1.165) is 38.5 Å². The number of carbonyl (C=O) groups is 1. The number of phosphoric acid groups is 1. The minimum atomic E-state index is -4.31. The molecule has 0 aliphatic rings. The van der Waals surface area contributed by atoms with Gasteiger partial charge in [-0.15, -0.1) is 0 Å². The topological polar surface area (TPSA) is 105 Å². The molecule has 8 nitrogen and oxygen atoms in total. The fourth-order valence-electron chi connectivity index (χ4n) is 8.70. The number of carbonyl (C=O) groups excluding carboxylic acids is 1. The Bertz CT molecular complexity index is 994. The highest BCUT2D eigenvalue weighted by molar-refractivity contribution is 7.47. The van der Waals surface area contributed by atoms with Crippen molar-refractivity contribution in [2.45, 2.75) is 302 Å². The molecular weight excluding hydrogens is 804 g/mol. The molecule has 0 spiro atoms. The number of unbranched alkanes of at least 4 members (excludes halogenated alkanes) is 39. The summed E-state index contributed by atoms with van der Waals surface area (Å²) in [7, 11) is 1.63. The van der Waals surface area contributed by atoms with Crippen molar-refractivity contribution in [2.24, 2.45) is 0 Å². The number of rotatable bonds is 52. The van der Waals surface area contributed by atoms with Crippen molar-refractivity contribution in [3.05, 3.63) is 0 Å². The molecule has 63 heavy (non-hydrogen) atoms. The van der Waals surface area contributed by atoms with Gasteiger partial charge < -0.3 is 19.8 Å². The molecule has 0 saturated carbocycles. The third kappa shape index (κ3) is 49.2. The van der Waals surface area contributed by atoms with E-state index in [1.165, 1.54) is 225 Å². The fourth-order valence-corrected chi connectivity index (χ4v) is 9.43. The third-order valence-corrected chi connectivity index (χ3v) is 14.1. The Hall–Kier alpha value is -0.500. The molecule has 1 amide bonds. The Balaban J connectivity index is 4.08. The Morgan fingerprint density at radius 1 is 0.476 bits per heavy atom. The zero-order valence-electron chi connectivity index (χ0n) is 43.1.